The molecule has 1 saturated carbocycles. The first-order chi connectivity index (χ1) is 13.0. The number of nitrogens with one attached hydrogen (secondary N) is 2. The number of benzene rings is 1. The number of carbonyl (C=O) groups excluding carboxylic acids is 1. The molecule has 0 bridgehead atoms. The first-order valence-corrected chi connectivity index (χ1v) is 10.5. The van der Waals surface area contributed by atoms with E-state index in [1.54, 1.807) is 7.11 Å². The van der Waals surface area contributed by atoms with E-state index >= 15 is 0 Å². The molecule has 5 nitrogen and oxygen atoms in total. The van der Waals surface area contributed by atoms with Gasteiger partial charge in [-0.25, -0.2) is 0 Å². The third-order valence-corrected chi connectivity index (χ3v) is 6.88. The summed E-state index contributed by atoms with van der Waals surface area (Å²) in [6.07, 6.45) is 3.66. The lowest BCUT2D eigenvalue weighted by Gasteiger charge is -2.38. The number of piperazine rings is 1. The van der Waals surface area contributed by atoms with Crippen LogP contribution in [0.25, 0.3) is 0 Å². The van der Waals surface area contributed by atoms with Crippen molar-refractivity contribution >= 4 is 11.6 Å². The van der Waals surface area contributed by atoms with Crippen LogP contribution < -0.4 is 19.9 Å². The number of ether oxygens (including phenoxy) is 1. The molecule has 150 valence electrons. The summed E-state index contributed by atoms with van der Waals surface area (Å²) in [7, 11) is 1.69. The van der Waals surface area contributed by atoms with Crippen molar-refractivity contribution in [1.29, 1.82) is 0 Å². The summed E-state index contributed by atoms with van der Waals surface area (Å²) in [5.74, 6) is 2.41. The topological polar surface area (TPSA) is 46.0 Å². The van der Waals surface area contributed by atoms with Crippen molar-refractivity contribution in [2.75, 3.05) is 38.2 Å². The zero-order chi connectivity index (χ0) is 19.4. The van der Waals surface area contributed by atoms with Crippen LogP contribution >= 0.6 is 0 Å². The van der Waals surface area contributed by atoms with Gasteiger partial charge in [0.15, 0.2) is 6.04 Å². The molecule has 1 aliphatic carbocycles. The van der Waals surface area contributed by atoms with Crippen molar-refractivity contribution in [2.45, 2.75) is 52.1 Å². The Morgan fingerprint density at radius 3 is 2.48 bits per heavy atom. The van der Waals surface area contributed by atoms with Crippen molar-refractivity contribution < 1.29 is 14.4 Å². The summed E-state index contributed by atoms with van der Waals surface area (Å²) in [4.78, 5) is 16.6. The molecule has 1 heterocycles. The summed E-state index contributed by atoms with van der Waals surface area (Å²) in [6, 6.07) is 8.63. The SMILES string of the molecule is COc1ccc(N2CC[NH+]([C@H](C)C(=O)N[C@H]3CCC[C@@H](C)[C@H]3C)CC2)cc1. The maximum atomic E-state index is 12.8. The van der Waals surface area contributed by atoms with Crippen LogP contribution in [0.1, 0.15) is 40.0 Å². The number of methoxy groups -OCH3 is 1. The van der Waals surface area contributed by atoms with E-state index in [1.807, 2.05) is 12.1 Å². The standard InChI is InChI=1S/C22H35N3O2/c1-16-6-5-7-21(17(16)2)23-22(26)18(3)24-12-14-25(15-13-24)19-8-10-20(27-4)11-9-19/h8-11,16-18,21H,5-7,12-15H2,1-4H3,(H,23,26)/p+1/t16-,17-,18-,21+/m1/s1. The van der Waals surface area contributed by atoms with Crippen molar-refractivity contribution in [3.8, 4) is 5.75 Å². The summed E-state index contributed by atoms with van der Waals surface area (Å²) >= 11 is 0. The molecule has 4 atom stereocenters. The fraction of sp³-hybridized carbons (Fsp3) is 0.682. The number of hydrogen-bond acceptors (Lipinski definition) is 3. The minimum absolute atomic E-state index is 0.0208. The van der Waals surface area contributed by atoms with Gasteiger partial charge in [0.2, 0.25) is 0 Å². The lowest BCUT2D eigenvalue weighted by molar-refractivity contribution is -0.914. The largest absolute Gasteiger partial charge is 0.497 e. The van der Waals surface area contributed by atoms with E-state index in [2.05, 4.69) is 43.1 Å². The van der Waals surface area contributed by atoms with E-state index in [9.17, 15) is 4.79 Å². The van der Waals surface area contributed by atoms with Crippen LogP contribution in [-0.2, 0) is 4.79 Å². The fourth-order valence-corrected chi connectivity index (χ4v) is 4.56. The van der Waals surface area contributed by atoms with E-state index < -0.39 is 0 Å². The van der Waals surface area contributed by atoms with Gasteiger partial charge in [0.05, 0.1) is 33.3 Å². The van der Waals surface area contributed by atoms with Crippen LogP contribution in [0, 0.1) is 11.8 Å². The highest BCUT2D eigenvalue weighted by Gasteiger charge is 2.33. The van der Waals surface area contributed by atoms with Gasteiger partial charge in [-0.3, -0.25) is 4.79 Å². The number of carbonyl (C=O) groups is 1. The van der Waals surface area contributed by atoms with Gasteiger partial charge in [-0.1, -0.05) is 26.7 Å². The third-order valence-electron chi connectivity index (χ3n) is 6.88. The molecule has 5 heteroatoms. The van der Waals surface area contributed by atoms with Crippen molar-refractivity contribution in [2.24, 2.45) is 11.8 Å². The lowest BCUT2D eigenvalue weighted by Crippen LogP contribution is -3.19. The monoisotopic (exact) mass is 374 g/mol. The Morgan fingerprint density at radius 1 is 1.19 bits per heavy atom. The Kier molecular flexibility index (Phi) is 6.64. The molecular formula is C22H36N3O2+. The molecule has 27 heavy (non-hydrogen) atoms. The summed E-state index contributed by atoms with van der Waals surface area (Å²) in [5.41, 5.74) is 1.23. The second-order valence-corrected chi connectivity index (χ2v) is 8.45. The smallest absolute Gasteiger partial charge is 0.278 e. The first kappa shape index (κ1) is 20.0. The van der Waals surface area contributed by atoms with Gasteiger partial charge in [-0.2, -0.15) is 0 Å². The maximum Gasteiger partial charge on any atom is 0.278 e. The predicted molar refractivity (Wildman–Crippen MR) is 109 cm³/mol. The van der Waals surface area contributed by atoms with E-state index in [-0.39, 0.29) is 11.9 Å². The number of anilines is 1. The molecule has 0 spiro atoms. The predicted octanol–water partition coefficient (Wildman–Crippen LogP) is 1.73. The van der Waals surface area contributed by atoms with Crippen LogP contribution in [0.2, 0.25) is 0 Å². The first-order valence-electron chi connectivity index (χ1n) is 10.5. The zero-order valence-corrected chi connectivity index (χ0v) is 17.3. The highest BCUT2D eigenvalue weighted by molar-refractivity contribution is 5.80. The number of amides is 1. The molecule has 1 aromatic carbocycles. The number of nitrogens with zero attached hydrogens (tertiary/aromatic N) is 1. The summed E-state index contributed by atoms with van der Waals surface area (Å²) < 4.78 is 5.24. The highest BCUT2D eigenvalue weighted by Crippen LogP contribution is 2.29. The molecule has 2 N–H and O–H groups in total. The average Bonchev–Trinajstić information content (AvgIpc) is 2.71. The number of rotatable bonds is 5. The fourth-order valence-electron chi connectivity index (χ4n) is 4.56. The zero-order valence-electron chi connectivity index (χ0n) is 17.3. The van der Waals surface area contributed by atoms with Crippen LogP contribution in [0.5, 0.6) is 5.75 Å². The quantitative estimate of drug-likeness (QED) is 0.825. The number of hydrogen-bond donors (Lipinski definition) is 2. The Labute approximate surface area is 164 Å². The van der Waals surface area contributed by atoms with E-state index in [0.717, 1.165) is 38.3 Å². The highest BCUT2D eigenvalue weighted by atomic mass is 16.5. The van der Waals surface area contributed by atoms with Gasteiger partial charge in [-0.05, 0) is 49.4 Å². The Bertz CT molecular complexity index is 610. The Morgan fingerprint density at radius 2 is 1.85 bits per heavy atom. The molecular weight excluding hydrogens is 338 g/mol. The number of quaternary nitrogens is 1. The third kappa shape index (κ3) is 4.75. The second kappa shape index (κ2) is 8.96. The molecule has 2 fully saturated rings. The molecule has 3 rings (SSSR count). The van der Waals surface area contributed by atoms with Gasteiger partial charge in [-0.15, -0.1) is 0 Å². The molecule has 1 saturated heterocycles. The van der Waals surface area contributed by atoms with Gasteiger partial charge >= 0.3 is 0 Å². The molecule has 0 radical (unpaired) electrons. The molecule has 2 aliphatic rings. The van der Waals surface area contributed by atoms with Gasteiger partial charge < -0.3 is 19.9 Å². The summed E-state index contributed by atoms with van der Waals surface area (Å²) in [5, 5.41) is 3.36. The normalized spacial score (nSPS) is 27.9. The molecule has 0 aromatic heterocycles. The molecule has 0 unspecified atom stereocenters. The van der Waals surface area contributed by atoms with Crippen LogP contribution in [0.4, 0.5) is 5.69 Å². The van der Waals surface area contributed by atoms with Crippen LogP contribution in [-0.4, -0.2) is 51.3 Å². The van der Waals surface area contributed by atoms with E-state index in [4.69, 9.17) is 4.74 Å². The molecule has 1 aliphatic heterocycles. The Hall–Kier alpha value is -1.75. The maximum absolute atomic E-state index is 12.8. The molecule has 1 amide bonds. The Balaban J connectivity index is 1.50. The van der Waals surface area contributed by atoms with Crippen LogP contribution in [0.3, 0.4) is 0 Å². The van der Waals surface area contributed by atoms with Crippen molar-refractivity contribution in [1.82, 2.24) is 5.32 Å². The van der Waals surface area contributed by atoms with E-state index in [0.29, 0.717) is 17.9 Å². The van der Waals surface area contributed by atoms with E-state index in [1.165, 1.54) is 23.4 Å². The minimum atomic E-state index is 0.0208. The van der Waals surface area contributed by atoms with Gasteiger partial charge in [0, 0.05) is 11.7 Å². The minimum Gasteiger partial charge on any atom is -0.497 e. The second-order valence-electron chi connectivity index (χ2n) is 8.45. The van der Waals surface area contributed by atoms with Crippen LogP contribution in [0.15, 0.2) is 24.3 Å². The van der Waals surface area contributed by atoms with Gasteiger partial charge in [0.25, 0.3) is 5.91 Å². The lowest BCUT2D eigenvalue weighted by atomic mass is 9.78. The molecule has 1 aromatic rings. The summed E-state index contributed by atoms with van der Waals surface area (Å²) in [6.45, 7) is 10.7. The average molecular weight is 375 g/mol. The van der Waals surface area contributed by atoms with Crippen molar-refractivity contribution in [3.05, 3.63) is 24.3 Å². The van der Waals surface area contributed by atoms with Gasteiger partial charge in [0.1, 0.15) is 5.75 Å². The van der Waals surface area contributed by atoms with Crippen molar-refractivity contribution in [3.63, 3.8) is 0 Å².